The summed E-state index contributed by atoms with van der Waals surface area (Å²) in [6.07, 6.45) is 3.69. The Morgan fingerprint density at radius 2 is 2.33 bits per heavy atom. The van der Waals surface area contributed by atoms with E-state index in [9.17, 15) is 4.79 Å². The predicted octanol–water partition coefficient (Wildman–Crippen LogP) is 0.578. The quantitative estimate of drug-likeness (QED) is 0.695. The molecule has 0 fully saturated rings. The normalized spacial score (nSPS) is 10.6. The lowest BCUT2D eigenvalue weighted by atomic mass is 10.1. The summed E-state index contributed by atoms with van der Waals surface area (Å²) in [7, 11) is 1.88. The monoisotopic (exact) mass is 208 g/mol. The van der Waals surface area contributed by atoms with E-state index in [0.29, 0.717) is 25.1 Å². The highest BCUT2D eigenvalue weighted by atomic mass is 16.3. The maximum Gasteiger partial charge on any atom is 0.165 e. The zero-order chi connectivity index (χ0) is 11.1. The number of aromatic nitrogens is 1. The molecule has 82 valence electrons. The summed E-state index contributed by atoms with van der Waals surface area (Å²) in [5, 5.41) is 8.68. The molecule has 0 bridgehead atoms. The van der Waals surface area contributed by atoms with Gasteiger partial charge in [0.25, 0.3) is 0 Å². The third-order valence-electron chi connectivity index (χ3n) is 2.19. The van der Waals surface area contributed by atoms with Crippen molar-refractivity contribution in [2.24, 2.45) is 0 Å². The molecule has 0 unspecified atom stereocenters. The molecule has 0 radical (unpaired) electrons. The molecule has 0 aliphatic rings. The van der Waals surface area contributed by atoms with Crippen molar-refractivity contribution in [2.75, 3.05) is 26.7 Å². The molecule has 0 aromatic carbocycles. The van der Waals surface area contributed by atoms with E-state index in [-0.39, 0.29) is 12.4 Å². The third kappa shape index (κ3) is 4.18. The second kappa shape index (κ2) is 6.27. The van der Waals surface area contributed by atoms with Gasteiger partial charge < -0.3 is 10.0 Å². The van der Waals surface area contributed by atoms with Gasteiger partial charge in [-0.05, 0) is 19.2 Å². The minimum Gasteiger partial charge on any atom is -0.395 e. The number of carbonyl (C=O) groups excluding carboxylic acids is 1. The molecule has 1 aromatic heterocycles. The number of rotatable bonds is 6. The molecule has 0 amide bonds. The van der Waals surface area contributed by atoms with Gasteiger partial charge in [0, 0.05) is 37.5 Å². The van der Waals surface area contributed by atoms with Gasteiger partial charge in [-0.3, -0.25) is 9.78 Å². The van der Waals surface area contributed by atoms with Gasteiger partial charge in [0.05, 0.1) is 6.61 Å². The first-order valence-electron chi connectivity index (χ1n) is 4.96. The molecule has 1 rings (SSSR count). The van der Waals surface area contributed by atoms with Gasteiger partial charge in [0.15, 0.2) is 5.78 Å². The van der Waals surface area contributed by atoms with Crippen molar-refractivity contribution in [1.29, 1.82) is 0 Å². The second-order valence-corrected chi connectivity index (χ2v) is 3.44. The summed E-state index contributed by atoms with van der Waals surface area (Å²) in [4.78, 5) is 17.4. The average Bonchev–Trinajstić information content (AvgIpc) is 2.27. The molecule has 1 N–H and O–H groups in total. The zero-order valence-electron chi connectivity index (χ0n) is 8.89. The predicted molar refractivity (Wildman–Crippen MR) is 57.8 cm³/mol. The van der Waals surface area contributed by atoms with Crippen molar-refractivity contribution in [1.82, 2.24) is 9.88 Å². The largest absolute Gasteiger partial charge is 0.395 e. The van der Waals surface area contributed by atoms with E-state index in [0.717, 1.165) is 0 Å². The number of hydrogen-bond acceptors (Lipinski definition) is 4. The summed E-state index contributed by atoms with van der Waals surface area (Å²) in [5.41, 5.74) is 0.648. The molecule has 0 atom stereocenters. The Labute approximate surface area is 89.6 Å². The number of aliphatic hydroxyl groups excluding tert-OH is 1. The molecule has 0 aliphatic heterocycles. The summed E-state index contributed by atoms with van der Waals surface area (Å²) >= 11 is 0. The number of ketones is 1. The van der Waals surface area contributed by atoms with Crippen molar-refractivity contribution < 1.29 is 9.90 Å². The molecule has 0 spiro atoms. The van der Waals surface area contributed by atoms with Crippen molar-refractivity contribution in [3.05, 3.63) is 30.1 Å². The van der Waals surface area contributed by atoms with E-state index < -0.39 is 0 Å². The lowest BCUT2D eigenvalue weighted by molar-refractivity contribution is 0.0964. The molecule has 4 heteroatoms. The molecule has 0 saturated heterocycles. The number of carbonyl (C=O) groups is 1. The van der Waals surface area contributed by atoms with Gasteiger partial charge >= 0.3 is 0 Å². The van der Waals surface area contributed by atoms with Crippen LogP contribution in [0, 0.1) is 0 Å². The minimum absolute atomic E-state index is 0.0906. The molecule has 4 nitrogen and oxygen atoms in total. The van der Waals surface area contributed by atoms with Crippen molar-refractivity contribution in [2.45, 2.75) is 6.42 Å². The highest BCUT2D eigenvalue weighted by Gasteiger charge is 2.06. The Balaban J connectivity index is 2.37. The molecular formula is C11H16N2O2. The van der Waals surface area contributed by atoms with Gasteiger partial charge in [-0.15, -0.1) is 0 Å². The van der Waals surface area contributed by atoms with Crippen molar-refractivity contribution in [3.8, 4) is 0 Å². The van der Waals surface area contributed by atoms with Crippen LogP contribution in [0.4, 0.5) is 0 Å². The van der Waals surface area contributed by atoms with Crippen LogP contribution < -0.4 is 0 Å². The Kier molecular flexibility index (Phi) is 4.93. The van der Waals surface area contributed by atoms with Gasteiger partial charge in [-0.1, -0.05) is 0 Å². The third-order valence-corrected chi connectivity index (χ3v) is 2.19. The number of nitrogens with zero attached hydrogens (tertiary/aromatic N) is 2. The van der Waals surface area contributed by atoms with Crippen LogP contribution in [0.15, 0.2) is 24.5 Å². The van der Waals surface area contributed by atoms with Crippen LogP contribution in [0.5, 0.6) is 0 Å². The number of Topliss-reactive ketones (excluding diaryl/α,β-unsaturated/α-hetero) is 1. The molecule has 15 heavy (non-hydrogen) atoms. The molecule has 0 saturated carbocycles. The number of aliphatic hydroxyl groups is 1. The maximum absolute atomic E-state index is 11.6. The first-order valence-corrected chi connectivity index (χ1v) is 4.96. The number of pyridine rings is 1. The van der Waals surface area contributed by atoms with Gasteiger partial charge in [-0.25, -0.2) is 0 Å². The van der Waals surface area contributed by atoms with Crippen molar-refractivity contribution >= 4 is 5.78 Å². The zero-order valence-corrected chi connectivity index (χ0v) is 8.89. The van der Waals surface area contributed by atoms with Crippen LogP contribution in [0.25, 0.3) is 0 Å². The van der Waals surface area contributed by atoms with E-state index in [2.05, 4.69) is 4.98 Å². The Bertz CT molecular complexity index is 301. The van der Waals surface area contributed by atoms with E-state index in [1.807, 2.05) is 11.9 Å². The van der Waals surface area contributed by atoms with Crippen LogP contribution in [0.2, 0.25) is 0 Å². The molecule has 0 aliphatic carbocycles. The highest BCUT2D eigenvalue weighted by Crippen LogP contribution is 2.01. The average molecular weight is 208 g/mol. The van der Waals surface area contributed by atoms with Crippen LogP contribution in [-0.4, -0.2) is 47.5 Å². The Hall–Kier alpha value is -1.26. The number of hydrogen-bond donors (Lipinski definition) is 1. The van der Waals surface area contributed by atoms with Crippen LogP contribution in [-0.2, 0) is 0 Å². The molecular weight excluding hydrogens is 192 g/mol. The molecule has 1 aromatic rings. The fourth-order valence-electron chi connectivity index (χ4n) is 1.25. The minimum atomic E-state index is 0.0906. The fraction of sp³-hybridized carbons (Fsp3) is 0.455. The summed E-state index contributed by atoms with van der Waals surface area (Å²) in [6.45, 7) is 1.38. The number of likely N-dealkylation sites (N-methyl/N-ethyl adjacent to an activating group) is 1. The smallest absolute Gasteiger partial charge is 0.165 e. The first kappa shape index (κ1) is 11.8. The van der Waals surface area contributed by atoms with Crippen LogP contribution in [0.3, 0.4) is 0 Å². The Morgan fingerprint density at radius 1 is 1.53 bits per heavy atom. The fourth-order valence-corrected chi connectivity index (χ4v) is 1.25. The maximum atomic E-state index is 11.6. The van der Waals surface area contributed by atoms with Crippen LogP contribution >= 0.6 is 0 Å². The SMILES string of the molecule is CN(CCO)CCC(=O)c1cccnc1. The standard InChI is InChI=1S/C11H16N2O2/c1-13(7-8-14)6-4-11(15)10-3-2-5-12-9-10/h2-3,5,9,14H,4,6-8H2,1H3. The topological polar surface area (TPSA) is 53.4 Å². The van der Waals surface area contributed by atoms with Crippen LogP contribution in [0.1, 0.15) is 16.8 Å². The lowest BCUT2D eigenvalue weighted by Crippen LogP contribution is -2.25. The summed E-state index contributed by atoms with van der Waals surface area (Å²) in [6, 6.07) is 3.52. The summed E-state index contributed by atoms with van der Waals surface area (Å²) in [5.74, 6) is 0.0906. The van der Waals surface area contributed by atoms with E-state index in [1.165, 1.54) is 0 Å². The van der Waals surface area contributed by atoms with E-state index in [1.54, 1.807) is 24.5 Å². The Morgan fingerprint density at radius 3 is 2.93 bits per heavy atom. The highest BCUT2D eigenvalue weighted by molar-refractivity contribution is 5.95. The second-order valence-electron chi connectivity index (χ2n) is 3.44. The first-order chi connectivity index (χ1) is 7.24. The molecule has 1 heterocycles. The van der Waals surface area contributed by atoms with Gasteiger partial charge in [-0.2, -0.15) is 0 Å². The van der Waals surface area contributed by atoms with Gasteiger partial charge in [0.1, 0.15) is 0 Å². The van der Waals surface area contributed by atoms with E-state index in [4.69, 9.17) is 5.11 Å². The van der Waals surface area contributed by atoms with Gasteiger partial charge in [0.2, 0.25) is 0 Å². The van der Waals surface area contributed by atoms with Crippen molar-refractivity contribution in [3.63, 3.8) is 0 Å². The lowest BCUT2D eigenvalue weighted by Gasteiger charge is -2.13. The summed E-state index contributed by atoms with van der Waals surface area (Å²) < 4.78 is 0. The van der Waals surface area contributed by atoms with E-state index >= 15 is 0 Å².